The zero-order valence-corrected chi connectivity index (χ0v) is 13.3. The summed E-state index contributed by atoms with van der Waals surface area (Å²) in [7, 11) is 1.24. The molecule has 0 aliphatic heterocycles. The average molecular weight is 326 g/mol. The van der Waals surface area contributed by atoms with Gasteiger partial charge in [0.05, 0.1) is 13.7 Å². The van der Waals surface area contributed by atoms with E-state index in [4.69, 9.17) is 9.90 Å². The summed E-state index contributed by atoms with van der Waals surface area (Å²) in [5.74, 6) is -1.93. The molecule has 0 fully saturated rings. The fourth-order valence-electron chi connectivity index (χ4n) is 0.731. The maximum atomic E-state index is 10.7. The van der Waals surface area contributed by atoms with Gasteiger partial charge in [0.25, 0.3) is 0 Å². The number of carbonyl (C=O) groups excluding carboxylic acids is 3. The lowest BCUT2D eigenvalue weighted by molar-refractivity contribution is -0.137. The molecule has 0 unspecified atom stereocenters. The summed E-state index contributed by atoms with van der Waals surface area (Å²) >= 11 is 0. The van der Waals surface area contributed by atoms with E-state index in [2.05, 4.69) is 29.2 Å². The molecule has 7 nitrogen and oxygen atoms in total. The minimum atomic E-state index is -1.05. The molecule has 0 spiro atoms. The Balaban J connectivity index is -0.000000307. The molecule has 0 aromatic heterocycles. The van der Waals surface area contributed by atoms with Crippen molar-refractivity contribution in [2.24, 2.45) is 0 Å². The highest BCUT2D eigenvalue weighted by Crippen LogP contribution is 2.00. The smallest absolute Gasteiger partial charge is 0.333 e. The quantitative estimate of drug-likeness (QED) is 0.432. The third-order valence-corrected chi connectivity index (χ3v) is 1.65. The SMILES string of the molecule is C=C(CC=CC(=O)O)C(=O)OC.C=CC(=O)OCC.C=CC=O. The number of allylic oxidation sites excluding steroid dienone is 2. The average Bonchev–Trinajstić information content (AvgIpc) is 2.54. The minimum Gasteiger partial charge on any atom is -0.478 e. The number of carboxylic acid groups (broad SMARTS) is 1. The van der Waals surface area contributed by atoms with Crippen LogP contribution in [0.25, 0.3) is 0 Å². The van der Waals surface area contributed by atoms with Gasteiger partial charge in [-0.15, -0.1) is 0 Å². The van der Waals surface area contributed by atoms with Crippen LogP contribution in [0.5, 0.6) is 0 Å². The Bertz CT molecular complexity index is 441. The summed E-state index contributed by atoms with van der Waals surface area (Å²) in [5, 5.41) is 8.19. The van der Waals surface area contributed by atoms with Gasteiger partial charge in [-0.25, -0.2) is 14.4 Å². The summed E-state index contributed by atoms with van der Waals surface area (Å²) in [5.41, 5.74) is 0.231. The fraction of sp³-hybridized carbons (Fsp3) is 0.250. The van der Waals surface area contributed by atoms with Gasteiger partial charge in [-0.2, -0.15) is 0 Å². The van der Waals surface area contributed by atoms with Gasteiger partial charge in [0.15, 0.2) is 0 Å². The minimum absolute atomic E-state index is 0.193. The molecule has 0 saturated carbocycles. The number of aliphatic carboxylic acids is 1. The Labute approximate surface area is 135 Å². The number of ether oxygens (including phenoxy) is 2. The number of hydrogen-bond acceptors (Lipinski definition) is 6. The van der Waals surface area contributed by atoms with Crippen molar-refractivity contribution in [2.75, 3.05) is 13.7 Å². The van der Waals surface area contributed by atoms with Crippen LogP contribution in [0.3, 0.4) is 0 Å². The molecule has 7 heteroatoms. The monoisotopic (exact) mass is 326 g/mol. The van der Waals surface area contributed by atoms with Gasteiger partial charge < -0.3 is 14.6 Å². The first-order valence-corrected chi connectivity index (χ1v) is 6.31. The lowest BCUT2D eigenvalue weighted by atomic mass is 10.2. The van der Waals surface area contributed by atoms with Crippen molar-refractivity contribution in [3.8, 4) is 0 Å². The van der Waals surface area contributed by atoms with Gasteiger partial charge in [0.2, 0.25) is 0 Å². The molecule has 1 N–H and O–H groups in total. The van der Waals surface area contributed by atoms with Crippen molar-refractivity contribution in [2.45, 2.75) is 13.3 Å². The molecule has 0 heterocycles. The van der Waals surface area contributed by atoms with Gasteiger partial charge in [-0.3, -0.25) is 4.79 Å². The van der Waals surface area contributed by atoms with Crippen molar-refractivity contribution in [3.63, 3.8) is 0 Å². The summed E-state index contributed by atoms with van der Waals surface area (Å²) in [6, 6.07) is 0. The first-order chi connectivity index (χ1) is 10.8. The maximum absolute atomic E-state index is 10.7. The third-order valence-electron chi connectivity index (χ3n) is 1.65. The predicted molar refractivity (Wildman–Crippen MR) is 85.6 cm³/mol. The second-order valence-corrected chi connectivity index (χ2v) is 3.37. The number of rotatable bonds is 7. The maximum Gasteiger partial charge on any atom is 0.333 e. The van der Waals surface area contributed by atoms with Crippen molar-refractivity contribution in [3.05, 3.63) is 49.6 Å². The largest absolute Gasteiger partial charge is 0.478 e. The molecule has 0 aromatic rings. The highest BCUT2D eigenvalue weighted by atomic mass is 16.5. The van der Waals surface area contributed by atoms with Crippen LogP contribution in [0.4, 0.5) is 0 Å². The van der Waals surface area contributed by atoms with E-state index in [-0.39, 0.29) is 18.0 Å². The van der Waals surface area contributed by atoms with Gasteiger partial charge in [0, 0.05) is 17.7 Å². The van der Waals surface area contributed by atoms with Crippen molar-refractivity contribution in [1.29, 1.82) is 0 Å². The normalized spacial score (nSPS) is 8.26. The Morgan fingerprint density at radius 2 is 1.74 bits per heavy atom. The molecule has 0 rings (SSSR count). The van der Waals surface area contributed by atoms with Crippen LogP contribution in [0.15, 0.2) is 49.6 Å². The number of methoxy groups -OCH3 is 1. The molecule has 23 heavy (non-hydrogen) atoms. The highest BCUT2D eigenvalue weighted by Gasteiger charge is 2.03. The first kappa shape index (κ1) is 25.0. The van der Waals surface area contributed by atoms with E-state index < -0.39 is 11.9 Å². The molecule has 128 valence electrons. The highest BCUT2D eigenvalue weighted by molar-refractivity contribution is 5.88. The second kappa shape index (κ2) is 19.0. The number of carboxylic acids is 1. The molecule has 0 saturated heterocycles. The van der Waals surface area contributed by atoms with Crippen molar-refractivity contribution < 1.29 is 33.8 Å². The Morgan fingerprint density at radius 1 is 1.22 bits per heavy atom. The first-order valence-electron chi connectivity index (χ1n) is 6.31. The van der Waals surface area contributed by atoms with Gasteiger partial charge in [0.1, 0.15) is 6.29 Å². The van der Waals surface area contributed by atoms with E-state index >= 15 is 0 Å². The summed E-state index contributed by atoms with van der Waals surface area (Å²) in [6.45, 7) is 11.9. The van der Waals surface area contributed by atoms with Crippen molar-refractivity contribution >= 4 is 24.2 Å². The van der Waals surface area contributed by atoms with Gasteiger partial charge in [-0.1, -0.05) is 25.8 Å². The molecule has 0 aliphatic carbocycles. The van der Waals surface area contributed by atoms with Crippen LogP contribution < -0.4 is 0 Å². The molecule has 0 aromatic carbocycles. The van der Waals surface area contributed by atoms with Crippen LogP contribution >= 0.6 is 0 Å². The lowest BCUT2D eigenvalue weighted by Gasteiger charge is -1.97. The lowest BCUT2D eigenvalue weighted by Crippen LogP contribution is -2.02. The molecule has 0 aliphatic rings. The van der Waals surface area contributed by atoms with E-state index in [1.54, 1.807) is 6.92 Å². The van der Waals surface area contributed by atoms with E-state index in [0.29, 0.717) is 12.9 Å². The van der Waals surface area contributed by atoms with E-state index in [1.807, 2.05) is 0 Å². The van der Waals surface area contributed by atoms with Crippen LogP contribution in [0, 0.1) is 0 Å². The fourth-order valence-corrected chi connectivity index (χ4v) is 0.731. The summed E-state index contributed by atoms with van der Waals surface area (Å²) in [6.07, 6.45) is 5.46. The Morgan fingerprint density at radius 3 is 2.00 bits per heavy atom. The predicted octanol–water partition coefficient (Wildman–Crippen LogP) is 1.85. The number of carbonyl (C=O) groups is 4. The summed E-state index contributed by atoms with van der Waals surface area (Å²) < 4.78 is 8.78. The van der Waals surface area contributed by atoms with Crippen molar-refractivity contribution in [1.82, 2.24) is 0 Å². The Hall–Kier alpha value is -2.96. The van der Waals surface area contributed by atoms with Crippen LogP contribution in [-0.4, -0.2) is 43.0 Å². The second-order valence-electron chi connectivity index (χ2n) is 3.37. The topological polar surface area (TPSA) is 107 Å². The molecular formula is C16H22O7. The standard InChI is InChI=1S/C8H10O4.C5H8O2.C3H4O/c1-6(8(11)12-2)4-3-5-7(9)10;1-3-5(6)7-4-2;1-2-3-4/h3,5H,1,4H2,2H3,(H,9,10);3H,1,4H2,2H3;2-3H,1H2. The molecule has 0 radical (unpaired) electrons. The van der Waals surface area contributed by atoms with Crippen LogP contribution in [0.1, 0.15) is 13.3 Å². The number of esters is 2. The molecule has 0 bridgehead atoms. The van der Waals surface area contributed by atoms with Crippen LogP contribution in [0.2, 0.25) is 0 Å². The van der Waals surface area contributed by atoms with E-state index in [9.17, 15) is 14.4 Å². The zero-order chi connectivity index (χ0) is 18.7. The molecule has 0 amide bonds. The number of aldehydes is 1. The van der Waals surface area contributed by atoms with E-state index in [0.717, 1.165) is 12.2 Å². The Kier molecular flexibility index (Phi) is 20.7. The van der Waals surface area contributed by atoms with Gasteiger partial charge in [-0.05, 0) is 19.4 Å². The third kappa shape index (κ3) is 24.4. The van der Waals surface area contributed by atoms with E-state index in [1.165, 1.54) is 19.3 Å². The molecular weight excluding hydrogens is 304 g/mol. The van der Waals surface area contributed by atoms with Gasteiger partial charge >= 0.3 is 17.9 Å². The zero-order valence-electron chi connectivity index (χ0n) is 13.3. The van der Waals surface area contributed by atoms with Crippen LogP contribution in [-0.2, 0) is 28.7 Å². The summed E-state index contributed by atoms with van der Waals surface area (Å²) in [4.78, 5) is 39.8. The number of hydrogen-bond donors (Lipinski definition) is 1. The molecule has 0 atom stereocenters.